The molecule has 0 aliphatic carbocycles. The van der Waals surface area contributed by atoms with Gasteiger partial charge in [-0.25, -0.2) is 0 Å². The highest BCUT2D eigenvalue weighted by molar-refractivity contribution is 8.26. The number of amidine groups is 2. The van der Waals surface area contributed by atoms with Crippen molar-refractivity contribution in [3.8, 4) is 5.69 Å². The summed E-state index contributed by atoms with van der Waals surface area (Å²) in [7, 11) is 0. The summed E-state index contributed by atoms with van der Waals surface area (Å²) in [5.74, 6) is -0.332. The summed E-state index contributed by atoms with van der Waals surface area (Å²) in [6.07, 6.45) is 6.62. The monoisotopic (exact) mass is 427 g/mol. The molecule has 2 aliphatic rings. The number of carbonyl (C=O) groups is 1. The summed E-state index contributed by atoms with van der Waals surface area (Å²) in [5.41, 5.74) is 2.07. The number of nitrogens with one attached hydrogen (secondary N) is 1. The van der Waals surface area contributed by atoms with Crippen molar-refractivity contribution in [1.29, 1.82) is 5.41 Å². The van der Waals surface area contributed by atoms with Crippen molar-refractivity contribution in [2.24, 2.45) is 10.1 Å². The average molecular weight is 428 g/mol. The first-order valence-corrected chi connectivity index (χ1v) is 11.1. The second kappa shape index (κ2) is 8.00. The molecule has 31 heavy (non-hydrogen) atoms. The molecule has 7 heteroatoms. The SMILES string of the molecule is CCCCC1=NN2C(=N)/C(=C\c3cccn3-c3cccc4ccccc34)C(=O)N=C2S1. The molecule has 5 rings (SSSR count). The first-order chi connectivity index (χ1) is 15.2. The topological polar surface area (TPSA) is 73.8 Å². The molecule has 1 amide bonds. The van der Waals surface area contributed by atoms with Crippen LogP contribution in [0.1, 0.15) is 31.9 Å². The van der Waals surface area contributed by atoms with E-state index in [1.165, 1.54) is 16.8 Å². The van der Waals surface area contributed by atoms with Crippen LogP contribution in [0.2, 0.25) is 0 Å². The fourth-order valence-electron chi connectivity index (χ4n) is 3.76. The van der Waals surface area contributed by atoms with Gasteiger partial charge in [-0.05, 0) is 54.3 Å². The van der Waals surface area contributed by atoms with Gasteiger partial charge in [0.2, 0.25) is 5.17 Å². The maximum atomic E-state index is 12.8. The van der Waals surface area contributed by atoms with E-state index in [4.69, 9.17) is 5.41 Å². The van der Waals surface area contributed by atoms with Crippen molar-refractivity contribution in [2.75, 3.05) is 0 Å². The molecular weight excluding hydrogens is 406 g/mol. The Hall–Kier alpha value is -3.45. The summed E-state index contributed by atoms with van der Waals surface area (Å²) in [4.78, 5) is 17.0. The number of amides is 1. The molecule has 0 bridgehead atoms. The van der Waals surface area contributed by atoms with Crippen molar-refractivity contribution < 1.29 is 4.79 Å². The molecule has 0 atom stereocenters. The first kappa shape index (κ1) is 19.5. The second-order valence-corrected chi connectivity index (χ2v) is 8.46. The zero-order chi connectivity index (χ0) is 21.4. The lowest BCUT2D eigenvalue weighted by molar-refractivity contribution is -0.114. The van der Waals surface area contributed by atoms with Crippen molar-refractivity contribution in [3.05, 3.63) is 72.1 Å². The Bertz CT molecular complexity index is 1290. The van der Waals surface area contributed by atoms with Gasteiger partial charge >= 0.3 is 0 Å². The minimum absolute atomic E-state index is 0.0691. The van der Waals surface area contributed by atoms with E-state index in [1.807, 2.05) is 41.1 Å². The molecule has 0 spiro atoms. The number of hydrogen-bond acceptors (Lipinski definition) is 4. The molecule has 154 valence electrons. The zero-order valence-corrected chi connectivity index (χ0v) is 17.9. The number of unbranched alkanes of at least 4 members (excludes halogenated alkanes) is 1. The summed E-state index contributed by atoms with van der Waals surface area (Å²) in [6, 6.07) is 18.2. The number of thioether (sulfide) groups is 1. The van der Waals surface area contributed by atoms with Gasteiger partial charge in [-0.3, -0.25) is 10.2 Å². The zero-order valence-electron chi connectivity index (χ0n) is 17.1. The number of hydrogen-bond donors (Lipinski definition) is 1. The van der Waals surface area contributed by atoms with Gasteiger partial charge in [0.1, 0.15) is 5.04 Å². The van der Waals surface area contributed by atoms with Gasteiger partial charge in [-0.1, -0.05) is 49.7 Å². The molecule has 3 heterocycles. The highest BCUT2D eigenvalue weighted by Crippen LogP contribution is 2.31. The van der Waals surface area contributed by atoms with Crippen molar-refractivity contribution >= 4 is 50.6 Å². The molecule has 0 saturated heterocycles. The van der Waals surface area contributed by atoms with E-state index in [0.717, 1.165) is 46.5 Å². The Morgan fingerprint density at radius 2 is 1.94 bits per heavy atom. The van der Waals surface area contributed by atoms with Crippen LogP contribution in [0.25, 0.3) is 22.5 Å². The molecule has 1 N–H and O–H groups in total. The van der Waals surface area contributed by atoms with E-state index in [2.05, 4.69) is 41.3 Å². The number of aliphatic imine (C=N–C) groups is 1. The van der Waals surface area contributed by atoms with Crippen LogP contribution < -0.4 is 0 Å². The maximum Gasteiger partial charge on any atom is 0.283 e. The Morgan fingerprint density at radius 1 is 1.10 bits per heavy atom. The average Bonchev–Trinajstić information content (AvgIpc) is 3.41. The molecule has 0 saturated carbocycles. The lowest BCUT2D eigenvalue weighted by atomic mass is 10.1. The quantitative estimate of drug-likeness (QED) is 0.551. The standard InChI is InChI=1S/C24H21N5OS/c1-2-3-13-21-27-29-22(25)19(23(30)26-24(29)31-21)15-17-10-7-14-28(17)20-12-6-9-16-8-4-5-11-18(16)20/h4-12,14-15,25H,2-3,13H2,1H3/b19-15+,25-22?. The van der Waals surface area contributed by atoms with E-state index in [9.17, 15) is 4.79 Å². The lowest BCUT2D eigenvalue weighted by Gasteiger charge is -2.20. The number of benzene rings is 2. The summed E-state index contributed by atoms with van der Waals surface area (Å²) < 4.78 is 2.03. The molecule has 3 aromatic rings. The Labute approximate surface area is 184 Å². The van der Waals surface area contributed by atoms with Gasteiger partial charge in [-0.2, -0.15) is 15.1 Å². The van der Waals surface area contributed by atoms with Crippen LogP contribution in [-0.2, 0) is 4.79 Å². The Kier molecular flexibility index (Phi) is 5.03. The van der Waals surface area contributed by atoms with Gasteiger partial charge in [-0.15, -0.1) is 0 Å². The minimum Gasteiger partial charge on any atom is -0.317 e. The van der Waals surface area contributed by atoms with E-state index in [0.29, 0.717) is 5.17 Å². The molecule has 2 aliphatic heterocycles. The van der Waals surface area contributed by atoms with Crippen LogP contribution in [0, 0.1) is 5.41 Å². The fraction of sp³-hybridized carbons (Fsp3) is 0.167. The van der Waals surface area contributed by atoms with Crippen molar-refractivity contribution in [3.63, 3.8) is 0 Å². The number of nitrogens with zero attached hydrogens (tertiary/aromatic N) is 4. The van der Waals surface area contributed by atoms with E-state index >= 15 is 0 Å². The molecule has 0 fully saturated rings. The van der Waals surface area contributed by atoms with Crippen LogP contribution >= 0.6 is 11.8 Å². The van der Waals surface area contributed by atoms with Crippen LogP contribution in [0.3, 0.4) is 0 Å². The first-order valence-electron chi connectivity index (χ1n) is 10.3. The third kappa shape index (κ3) is 3.51. The molecular formula is C24H21N5OS. The normalized spacial score (nSPS) is 17.3. The Morgan fingerprint density at radius 3 is 2.81 bits per heavy atom. The van der Waals surface area contributed by atoms with Crippen LogP contribution in [0.15, 0.2) is 76.5 Å². The van der Waals surface area contributed by atoms with Gasteiger partial charge < -0.3 is 4.57 Å². The van der Waals surface area contributed by atoms with Gasteiger partial charge in [0.25, 0.3) is 5.91 Å². The van der Waals surface area contributed by atoms with E-state index in [1.54, 1.807) is 6.08 Å². The number of aromatic nitrogens is 1. The largest absolute Gasteiger partial charge is 0.317 e. The summed E-state index contributed by atoms with van der Waals surface area (Å²) in [6.45, 7) is 2.13. The summed E-state index contributed by atoms with van der Waals surface area (Å²) in [5, 5.41) is 18.2. The number of rotatable bonds is 5. The lowest BCUT2D eigenvalue weighted by Crippen LogP contribution is -2.35. The van der Waals surface area contributed by atoms with Gasteiger partial charge in [0.15, 0.2) is 5.84 Å². The number of hydrazone groups is 1. The number of fused-ring (bicyclic) bond motifs is 2. The molecule has 2 aromatic carbocycles. The predicted molar refractivity (Wildman–Crippen MR) is 128 cm³/mol. The second-order valence-electron chi connectivity index (χ2n) is 7.42. The maximum absolute atomic E-state index is 12.8. The molecule has 0 radical (unpaired) electrons. The highest BCUT2D eigenvalue weighted by atomic mass is 32.2. The third-order valence-corrected chi connectivity index (χ3v) is 6.31. The van der Waals surface area contributed by atoms with Crippen molar-refractivity contribution in [2.45, 2.75) is 26.2 Å². The Balaban J connectivity index is 1.53. The summed E-state index contributed by atoms with van der Waals surface area (Å²) >= 11 is 1.39. The predicted octanol–water partition coefficient (Wildman–Crippen LogP) is 5.44. The van der Waals surface area contributed by atoms with Gasteiger partial charge in [0, 0.05) is 17.3 Å². The molecule has 6 nitrogen and oxygen atoms in total. The smallest absolute Gasteiger partial charge is 0.283 e. The van der Waals surface area contributed by atoms with Crippen LogP contribution in [0.5, 0.6) is 0 Å². The van der Waals surface area contributed by atoms with Crippen molar-refractivity contribution in [1.82, 2.24) is 9.58 Å². The van der Waals surface area contributed by atoms with Crippen LogP contribution in [0.4, 0.5) is 0 Å². The highest BCUT2D eigenvalue weighted by Gasteiger charge is 2.35. The fourth-order valence-corrected chi connectivity index (χ4v) is 4.68. The van der Waals surface area contributed by atoms with Crippen LogP contribution in [-0.4, -0.2) is 31.5 Å². The van der Waals surface area contributed by atoms with Gasteiger partial charge in [0.05, 0.1) is 11.3 Å². The third-order valence-electron chi connectivity index (χ3n) is 5.34. The van der Waals surface area contributed by atoms with E-state index in [-0.39, 0.29) is 11.4 Å². The molecule has 0 unspecified atom stereocenters. The number of carbonyl (C=O) groups excluding carboxylic acids is 1. The molecule has 1 aromatic heterocycles. The minimum atomic E-state index is -0.402. The van der Waals surface area contributed by atoms with E-state index < -0.39 is 5.91 Å².